The van der Waals surface area contributed by atoms with Gasteiger partial charge < -0.3 is 10.2 Å². The van der Waals surface area contributed by atoms with E-state index in [1.54, 1.807) is 38.1 Å². The maximum Gasteiger partial charge on any atom is 0.271 e. The molecule has 2 rings (SSSR count). The van der Waals surface area contributed by atoms with Crippen molar-refractivity contribution in [3.8, 4) is 0 Å². The number of nitrogens with zero attached hydrogens (tertiary/aromatic N) is 3. The first-order chi connectivity index (χ1) is 16.3. The Morgan fingerprint density at radius 3 is 2.26 bits per heavy atom. The molecule has 2 aromatic rings. The van der Waals surface area contributed by atoms with Gasteiger partial charge in [0.05, 0.1) is 16.9 Å². The molecule has 0 saturated heterocycles. The summed E-state index contributed by atoms with van der Waals surface area (Å²) < 4.78 is 26.2. The number of nitrogens with one attached hydrogen (secondary N) is 1. The number of sulfonamides is 1. The number of nitro benzene ring substituents is 1. The molecule has 0 heterocycles. The van der Waals surface area contributed by atoms with Crippen LogP contribution in [0.25, 0.3) is 0 Å². The van der Waals surface area contributed by atoms with Crippen molar-refractivity contribution in [1.82, 2.24) is 10.2 Å². The first-order valence-electron chi connectivity index (χ1n) is 11.1. The molecule has 1 N–H and O–H groups in total. The van der Waals surface area contributed by atoms with Crippen LogP contribution >= 0.6 is 0 Å². The second kappa shape index (κ2) is 11.8. The highest BCUT2D eigenvalue weighted by atomic mass is 32.2. The molecule has 2 aromatic carbocycles. The third-order valence-electron chi connectivity index (χ3n) is 5.40. The van der Waals surface area contributed by atoms with Gasteiger partial charge in [-0.25, -0.2) is 8.42 Å². The van der Waals surface area contributed by atoms with Crippen molar-refractivity contribution in [3.05, 3.63) is 69.8 Å². The van der Waals surface area contributed by atoms with Crippen molar-refractivity contribution in [1.29, 1.82) is 0 Å². The zero-order valence-electron chi connectivity index (χ0n) is 20.6. The number of non-ortho nitro benzene ring substituents is 1. The first-order valence-corrected chi connectivity index (χ1v) is 13.0. The topological polar surface area (TPSA) is 130 Å². The highest BCUT2D eigenvalue weighted by Gasteiger charge is 2.31. The number of rotatable bonds is 11. The number of hydrogen-bond acceptors (Lipinski definition) is 6. The van der Waals surface area contributed by atoms with Crippen molar-refractivity contribution >= 4 is 33.2 Å². The Balaban J connectivity index is 2.43. The lowest BCUT2D eigenvalue weighted by Gasteiger charge is -2.32. The Hall–Kier alpha value is -3.47. The highest BCUT2D eigenvalue weighted by Crippen LogP contribution is 2.28. The Bertz CT molecular complexity index is 1170. The first kappa shape index (κ1) is 27.8. The predicted octanol–water partition coefficient (Wildman–Crippen LogP) is 2.86. The molecule has 0 spiro atoms. The van der Waals surface area contributed by atoms with Gasteiger partial charge >= 0.3 is 0 Å². The normalized spacial score (nSPS) is 12.2. The Kier molecular flexibility index (Phi) is 9.35. The van der Waals surface area contributed by atoms with E-state index in [4.69, 9.17) is 0 Å². The molecule has 0 aliphatic rings. The number of carbonyl (C=O) groups is 2. The largest absolute Gasteiger partial charge is 0.354 e. The zero-order valence-corrected chi connectivity index (χ0v) is 21.4. The van der Waals surface area contributed by atoms with Crippen molar-refractivity contribution in [2.45, 2.75) is 40.3 Å². The fraction of sp³-hybridized carbons (Fsp3) is 0.417. The molecule has 0 radical (unpaired) electrons. The summed E-state index contributed by atoms with van der Waals surface area (Å²) in [6.07, 6.45) is 0.929. The number of benzene rings is 2. The summed E-state index contributed by atoms with van der Waals surface area (Å²) in [5.74, 6) is -0.764. The second-order valence-corrected chi connectivity index (χ2v) is 10.7. The Morgan fingerprint density at radius 1 is 1.09 bits per heavy atom. The number of anilines is 1. The highest BCUT2D eigenvalue weighted by molar-refractivity contribution is 7.92. The summed E-state index contributed by atoms with van der Waals surface area (Å²) in [7, 11) is -3.99. The van der Waals surface area contributed by atoms with Crippen LogP contribution in [-0.2, 0) is 26.2 Å². The Morgan fingerprint density at radius 2 is 1.71 bits per heavy atom. The molecule has 0 unspecified atom stereocenters. The standard InChI is InChI=1S/C24H32N4O6S/c1-17(2)14-25-24(30)19(4)26(15-20-9-7-6-8-10-20)23(29)16-27(35(5,33)34)22-13-21(28(31)32)12-11-18(22)3/h6-13,17,19H,14-16H2,1-5H3,(H,25,30)/t19-/m1/s1. The van der Waals surface area contributed by atoms with Gasteiger partial charge in [-0.15, -0.1) is 0 Å². The summed E-state index contributed by atoms with van der Waals surface area (Å²) in [4.78, 5) is 38.2. The van der Waals surface area contributed by atoms with Gasteiger partial charge in [0.2, 0.25) is 21.8 Å². The molecular weight excluding hydrogens is 472 g/mol. The molecule has 1 atom stereocenters. The van der Waals surface area contributed by atoms with Gasteiger partial charge in [-0.05, 0) is 30.9 Å². The molecule has 0 fully saturated rings. The molecule has 0 aliphatic heterocycles. The van der Waals surface area contributed by atoms with Crippen LogP contribution in [0.2, 0.25) is 0 Å². The minimum atomic E-state index is -3.99. The monoisotopic (exact) mass is 504 g/mol. The average molecular weight is 505 g/mol. The van der Waals surface area contributed by atoms with Gasteiger partial charge in [-0.1, -0.05) is 50.2 Å². The minimum absolute atomic E-state index is 0.0339. The summed E-state index contributed by atoms with van der Waals surface area (Å²) in [5, 5.41) is 14.1. The van der Waals surface area contributed by atoms with Crippen molar-refractivity contribution in [3.63, 3.8) is 0 Å². The third kappa shape index (κ3) is 7.78. The quantitative estimate of drug-likeness (QED) is 0.370. The van der Waals surface area contributed by atoms with E-state index in [-0.39, 0.29) is 29.7 Å². The zero-order chi connectivity index (χ0) is 26.3. The molecule has 0 saturated carbocycles. The van der Waals surface area contributed by atoms with Crippen LogP contribution < -0.4 is 9.62 Å². The van der Waals surface area contributed by atoms with E-state index in [9.17, 15) is 28.1 Å². The van der Waals surface area contributed by atoms with E-state index >= 15 is 0 Å². The van der Waals surface area contributed by atoms with E-state index < -0.39 is 33.4 Å². The molecule has 10 nitrogen and oxygen atoms in total. The van der Waals surface area contributed by atoms with Gasteiger partial charge in [0.15, 0.2) is 0 Å². The van der Waals surface area contributed by atoms with E-state index in [2.05, 4.69) is 5.32 Å². The smallest absolute Gasteiger partial charge is 0.271 e. The van der Waals surface area contributed by atoms with Gasteiger partial charge in [0.1, 0.15) is 12.6 Å². The lowest BCUT2D eigenvalue weighted by molar-refractivity contribution is -0.384. The summed E-state index contributed by atoms with van der Waals surface area (Å²) in [6.45, 7) is 6.98. The van der Waals surface area contributed by atoms with E-state index in [0.717, 1.165) is 22.2 Å². The SMILES string of the molecule is Cc1ccc([N+](=O)[O-])cc1N(CC(=O)N(Cc1ccccc1)[C@H](C)C(=O)NCC(C)C)S(C)(=O)=O. The lowest BCUT2D eigenvalue weighted by atomic mass is 10.1. The van der Waals surface area contributed by atoms with Crippen LogP contribution in [0.3, 0.4) is 0 Å². The van der Waals surface area contributed by atoms with Gasteiger partial charge in [-0.3, -0.25) is 24.0 Å². The van der Waals surface area contributed by atoms with Crippen LogP contribution in [0.1, 0.15) is 31.9 Å². The van der Waals surface area contributed by atoms with Crippen molar-refractivity contribution in [2.24, 2.45) is 5.92 Å². The van der Waals surface area contributed by atoms with E-state index in [1.807, 2.05) is 19.9 Å². The summed E-state index contributed by atoms with van der Waals surface area (Å²) >= 11 is 0. The average Bonchev–Trinajstić information content (AvgIpc) is 2.79. The minimum Gasteiger partial charge on any atom is -0.354 e. The summed E-state index contributed by atoms with van der Waals surface area (Å²) in [5.41, 5.74) is 0.953. The van der Waals surface area contributed by atoms with Crippen molar-refractivity contribution < 1.29 is 22.9 Å². The Labute approximate surface area is 206 Å². The fourth-order valence-corrected chi connectivity index (χ4v) is 4.29. The molecule has 35 heavy (non-hydrogen) atoms. The fourth-order valence-electron chi connectivity index (χ4n) is 3.39. The number of carbonyl (C=O) groups excluding carboxylic acids is 2. The van der Waals surface area contributed by atoms with Gasteiger partial charge in [0.25, 0.3) is 5.69 Å². The second-order valence-electron chi connectivity index (χ2n) is 8.82. The number of nitro groups is 1. The number of aryl methyl sites for hydroxylation is 1. The molecule has 11 heteroatoms. The van der Waals surface area contributed by atoms with E-state index in [0.29, 0.717) is 12.1 Å². The van der Waals surface area contributed by atoms with Gasteiger partial charge in [-0.2, -0.15) is 0 Å². The maximum absolute atomic E-state index is 13.5. The lowest BCUT2D eigenvalue weighted by Crippen LogP contribution is -2.51. The van der Waals surface area contributed by atoms with Gasteiger partial charge in [0, 0.05) is 25.2 Å². The van der Waals surface area contributed by atoms with Crippen LogP contribution in [0.4, 0.5) is 11.4 Å². The summed E-state index contributed by atoms with van der Waals surface area (Å²) in [6, 6.07) is 12.0. The maximum atomic E-state index is 13.5. The molecule has 0 aliphatic carbocycles. The van der Waals surface area contributed by atoms with Crippen LogP contribution in [0.15, 0.2) is 48.5 Å². The van der Waals surface area contributed by atoms with Crippen LogP contribution in [0.5, 0.6) is 0 Å². The van der Waals surface area contributed by atoms with E-state index in [1.165, 1.54) is 17.0 Å². The van der Waals surface area contributed by atoms with Crippen molar-refractivity contribution in [2.75, 3.05) is 23.7 Å². The molecule has 0 bridgehead atoms. The van der Waals surface area contributed by atoms with Crippen LogP contribution in [-0.4, -0.2) is 55.4 Å². The number of hydrogen-bond donors (Lipinski definition) is 1. The third-order valence-corrected chi connectivity index (χ3v) is 6.53. The van der Waals surface area contributed by atoms with Crippen LogP contribution in [0, 0.1) is 23.0 Å². The molecular formula is C24H32N4O6S. The predicted molar refractivity (Wildman–Crippen MR) is 134 cm³/mol. The molecule has 2 amide bonds. The molecule has 0 aromatic heterocycles. The number of amides is 2. The molecule has 190 valence electrons.